The zero-order chi connectivity index (χ0) is 17.1. The minimum atomic E-state index is -0.199. The van der Waals surface area contributed by atoms with Crippen LogP contribution < -0.4 is 5.56 Å². The molecule has 3 rings (SSSR count). The zero-order valence-electron chi connectivity index (χ0n) is 13.7. The summed E-state index contributed by atoms with van der Waals surface area (Å²) in [4.78, 5) is 15.3. The highest BCUT2D eigenvalue weighted by Crippen LogP contribution is 2.22. The number of rotatable bonds is 5. The van der Waals surface area contributed by atoms with Crippen LogP contribution in [0, 0.1) is 0 Å². The second-order valence-corrected chi connectivity index (χ2v) is 6.18. The Morgan fingerprint density at radius 1 is 1.12 bits per heavy atom. The summed E-state index contributed by atoms with van der Waals surface area (Å²) in [5, 5.41) is 6.57. The summed E-state index contributed by atoms with van der Waals surface area (Å²) in [6, 6.07) is 15.6. The first-order chi connectivity index (χ1) is 11.6. The second-order valence-electron chi connectivity index (χ2n) is 5.77. The number of aromatic nitrogens is 3. The van der Waals surface area contributed by atoms with Gasteiger partial charge in [0.15, 0.2) is 0 Å². The largest absolute Gasteiger partial charge is 0.357 e. The fraction of sp³-hybridized carbons (Fsp3) is 0.211. The molecule has 0 saturated carbocycles. The molecule has 0 aliphatic rings. The van der Waals surface area contributed by atoms with Crippen molar-refractivity contribution in [3.05, 3.63) is 87.1 Å². The van der Waals surface area contributed by atoms with Crippen LogP contribution in [-0.2, 0) is 6.42 Å². The molecule has 0 aliphatic carbocycles. The normalized spacial score (nSPS) is 12.1. The first-order valence-electron chi connectivity index (χ1n) is 7.96. The van der Waals surface area contributed by atoms with E-state index in [-0.39, 0.29) is 11.5 Å². The number of thiocarbonyl (C=S) groups is 1. The summed E-state index contributed by atoms with van der Waals surface area (Å²) in [6.07, 6.45) is 1.02. The van der Waals surface area contributed by atoms with Crippen LogP contribution in [0.25, 0.3) is 0 Å². The highest BCUT2D eigenvalue weighted by molar-refractivity contribution is 7.81. The van der Waals surface area contributed by atoms with Crippen molar-refractivity contribution < 1.29 is 0 Å². The zero-order valence-corrected chi connectivity index (χ0v) is 14.5. The summed E-state index contributed by atoms with van der Waals surface area (Å²) in [6.45, 7) is 4.17. The monoisotopic (exact) mass is 337 g/mol. The molecule has 24 heavy (non-hydrogen) atoms. The predicted molar refractivity (Wildman–Crippen MR) is 99.8 cm³/mol. The van der Waals surface area contributed by atoms with Crippen LogP contribution in [0.3, 0.4) is 0 Å². The molecule has 4 nitrogen and oxygen atoms in total. The molecular weight excluding hydrogens is 318 g/mol. The second kappa shape index (κ2) is 6.93. The lowest BCUT2D eigenvalue weighted by Crippen LogP contribution is -2.10. The van der Waals surface area contributed by atoms with Gasteiger partial charge in [-0.05, 0) is 35.7 Å². The Bertz CT molecular complexity index is 888. The summed E-state index contributed by atoms with van der Waals surface area (Å²) < 4.78 is 0. The average molecular weight is 337 g/mol. The van der Waals surface area contributed by atoms with Crippen molar-refractivity contribution in [2.45, 2.75) is 26.2 Å². The van der Waals surface area contributed by atoms with Gasteiger partial charge in [-0.15, -0.1) is 0 Å². The van der Waals surface area contributed by atoms with Crippen molar-refractivity contribution in [2.75, 3.05) is 0 Å². The van der Waals surface area contributed by atoms with E-state index in [1.807, 2.05) is 19.1 Å². The first kappa shape index (κ1) is 16.3. The molecule has 0 saturated heterocycles. The van der Waals surface area contributed by atoms with Gasteiger partial charge < -0.3 is 4.98 Å². The van der Waals surface area contributed by atoms with Gasteiger partial charge in [0.1, 0.15) is 0 Å². The van der Waals surface area contributed by atoms with Crippen LogP contribution >= 0.6 is 12.2 Å². The van der Waals surface area contributed by atoms with E-state index in [0.717, 1.165) is 33.9 Å². The highest BCUT2D eigenvalue weighted by Gasteiger charge is 2.14. The Labute approximate surface area is 146 Å². The third-order valence-corrected chi connectivity index (χ3v) is 4.64. The molecule has 2 heterocycles. The van der Waals surface area contributed by atoms with Crippen molar-refractivity contribution in [3.63, 3.8) is 0 Å². The minimum Gasteiger partial charge on any atom is -0.357 e. The number of aryl methyl sites for hydroxylation is 1. The van der Waals surface area contributed by atoms with Crippen LogP contribution in [0.15, 0.2) is 53.3 Å². The van der Waals surface area contributed by atoms with Crippen LogP contribution in [-0.4, -0.2) is 20.0 Å². The van der Waals surface area contributed by atoms with Gasteiger partial charge >= 0.3 is 0 Å². The Hall–Kier alpha value is -2.53. The molecule has 3 aromatic rings. The Balaban J connectivity index is 1.82. The maximum atomic E-state index is 11.1. The summed E-state index contributed by atoms with van der Waals surface area (Å²) in [5.74, 6) is 0.0425. The topological polar surface area (TPSA) is 61.5 Å². The average Bonchev–Trinajstić information content (AvgIpc) is 3.11. The molecule has 0 aliphatic heterocycles. The molecule has 1 unspecified atom stereocenters. The molecule has 1 aromatic carbocycles. The summed E-state index contributed by atoms with van der Waals surface area (Å²) >= 11 is 5.61. The Morgan fingerprint density at radius 3 is 2.50 bits per heavy atom. The maximum Gasteiger partial charge on any atom is 0.264 e. The van der Waals surface area contributed by atoms with Crippen molar-refractivity contribution in [3.8, 4) is 0 Å². The van der Waals surface area contributed by atoms with E-state index in [1.54, 1.807) is 6.07 Å². The van der Waals surface area contributed by atoms with Gasteiger partial charge in [-0.2, -0.15) is 5.10 Å². The van der Waals surface area contributed by atoms with E-state index in [2.05, 4.69) is 46.4 Å². The fourth-order valence-corrected chi connectivity index (χ4v) is 2.86. The van der Waals surface area contributed by atoms with E-state index in [9.17, 15) is 4.79 Å². The molecule has 0 fully saturated rings. The summed E-state index contributed by atoms with van der Waals surface area (Å²) in [7, 11) is 0. The molecule has 1 atom stereocenters. The van der Waals surface area contributed by atoms with Crippen LogP contribution in [0.2, 0.25) is 0 Å². The number of hydrogen-bond donors (Lipinski definition) is 2. The van der Waals surface area contributed by atoms with E-state index < -0.39 is 0 Å². The minimum absolute atomic E-state index is 0.0425. The van der Waals surface area contributed by atoms with Gasteiger partial charge in [0, 0.05) is 17.7 Å². The van der Waals surface area contributed by atoms with E-state index in [1.165, 1.54) is 11.6 Å². The van der Waals surface area contributed by atoms with Gasteiger partial charge in [0.05, 0.1) is 16.3 Å². The van der Waals surface area contributed by atoms with E-state index in [0.29, 0.717) is 0 Å². The van der Waals surface area contributed by atoms with Crippen LogP contribution in [0.1, 0.15) is 48.0 Å². The molecule has 2 N–H and O–H groups in total. The van der Waals surface area contributed by atoms with Crippen LogP contribution in [0.4, 0.5) is 0 Å². The number of hydrogen-bond acceptors (Lipinski definition) is 3. The standard InChI is InChI=1S/C19H19N3OS/c1-3-13-4-6-14(7-5-13)19(24)17-9-8-15(20-17)12(2)16-10-11-18(23)22-21-16/h4-12,20H,3H2,1-2H3,(H,22,23). The van der Waals surface area contributed by atoms with E-state index >= 15 is 0 Å². The molecule has 0 amide bonds. The Kier molecular flexibility index (Phi) is 4.71. The van der Waals surface area contributed by atoms with Crippen molar-refractivity contribution in [1.29, 1.82) is 0 Å². The third kappa shape index (κ3) is 3.36. The highest BCUT2D eigenvalue weighted by atomic mass is 32.1. The first-order valence-corrected chi connectivity index (χ1v) is 8.37. The molecular formula is C19H19N3OS. The lowest BCUT2D eigenvalue weighted by atomic mass is 10.0. The number of benzene rings is 1. The molecule has 2 aromatic heterocycles. The fourth-order valence-electron chi connectivity index (χ4n) is 2.60. The van der Waals surface area contributed by atoms with Crippen molar-refractivity contribution in [1.82, 2.24) is 15.2 Å². The number of aromatic amines is 2. The van der Waals surface area contributed by atoms with Gasteiger partial charge in [-0.3, -0.25) is 4.79 Å². The molecule has 0 radical (unpaired) electrons. The molecule has 0 bridgehead atoms. The molecule has 5 heteroatoms. The molecule has 0 spiro atoms. The SMILES string of the molecule is CCc1ccc(C(=S)c2ccc(C(C)c3ccc(=O)[nH]n3)[nH]2)cc1. The van der Waals surface area contributed by atoms with E-state index in [4.69, 9.17) is 12.2 Å². The van der Waals surface area contributed by atoms with Crippen molar-refractivity contribution >= 4 is 17.1 Å². The quantitative estimate of drug-likeness (QED) is 0.552. The van der Waals surface area contributed by atoms with Gasteiger partial charge in [-0.1, -0.05) is 50.3 Å². The lowest BCUT2D eigenvalue weighted by molar-refractivity contribution is 0.793. The number of nitrogens with zero attached hydrogens (tertiary/aromatic N) is 1. The van der Waals surface area contributed by atoms with Gasteiger partial charge in [0.25, 0.3) is 5.56 Å². The van der Waals surface area contributed by atoms with Gasteiger partial charge in [0.2, 0.25) is 0 Å². The third-order valence-electron chi connectivity index (χ3n) is 4.19. The number of H-pyrrole nitrogens is 2. The number of nitrogens with one attached hydrogen (secondary N) is 2. The smallest absolute Gasteiger partial charge is 0.264 e. The Morgan fingerprint density at radius 2 is 1.88 bits per heavy atom. The van der Waals surface area contributed by atoms with Crippen LogP contribution in [0.5, 0.6) is 0 Å². The summed E-state index contributed by atoms with van der Waals surface area (Å²) in [5.41, 5.74) is 4.87. The predicted octanol–water partition coefficient (Wildman–Crippen LogP) is 3.58. The molecule has 122 valence electrons. The lowest BCUT2D eigenvalue weighted by Gasteiger charge is -2.08. The van der Waals surface area contributed by atoms with Gasteiger partial charge in [-0.25, -0.2) is 5.10 Å². The van der Waals surface area contributed by atoms with Crippen molar-refractivity contribution in [2.24, 2.45) is 0 Å². The maximum absolute atomic E-state index is 11.1.